The summed E-state index contributed by atoms with van der Waals surface area (Å²) in [4.78, 5) is 3.00. The van der Waals surface area contributed by atoms with Crippen LogP contribution in [0.4, 0.5) is 17.6 Å². The maximum absolute atomic E-state index is 13.5. The first-order chi connectivity index (χ1) is 11.6. The zero-order valence-corrected chi connectivity index (χ0v) is 13.5. The van der Waals surface area contributed by atoms with Crippen LogP contribution in [-0.4, -0.2) is 30.9 Å². The summed E-state index contributed by atoms with van der Waals surface area (Å²) in [6.45, 7) is 0. The molecule has 5 nitrogen and oxygen atoms in total. The Labute approximate surface area is 141 Å². The number of pyridine rings is 1. The first-order valence-corrected chi connectivity index (χ1v) is 8.16. The molecule has 0 unspecified atom stereocenters. The van der Waals surface area contributed by atoms with Crippen molar-refractivity contribution in [2.75, 3.05) is 7.05 Å². The lowest BCUT2D eigenvalue weighted by Crippen LogP contribution is -2.39. The van der Waals surface area contributed by atoms with Gasteiger partial charge in [0.1, 0.15) is 22.8 Å². The van der Waals surface area contributed by atoms with E-state index in [1.54, 1.807) is 6.07 Å². The fourth-order valence-corrected chi connectivity index (χ4v) is 3.50. The summed E-state index contributed by atoms with van der Waals surface area (Å²) < 4.78 is 78.6. The summed E-state index contributed by atoms with van der Waals surface area (Å²) in [5, 5.41) is 8.79. The molecular weight excluding hydrogens is 362 g/mol. The largest absolute Gasteiger partial charge is 0.409 e. The summed E-state index contributed by atoms with van der Waals surface area (Å²) in [7, 11) is -3.85. The zero-order valence-electron chi connectivity index (χ0n) is 12.7. The number of halogens is 4. The molecule has 10 heteroatoms. The molecule has 0 aliphatic rings. The predicted octanol–water partition coefficient (Wildman–Crippen LogP) is 3.02. The van der Waals surface area contributed by atoms with Crippen molar-refractivity contribution in [1.82, 2.24) is 9.29 Å². The molecule has 0 aliphatic carbocycles. The second-order valence-corrected chi connectivity index (χ2v) is 7.04. The van der Waals surface area contributed by atoms with E-state index < -0.39 is 38.5 Å². The highest BCUT2D eigenvalue weighted by Gasteiger charge is 2.47. The number of alkyl halides is 3. The maximum Gasteiger partial charge on any atom is 0.409 e. The van der Waals surface area contributed by atoms with Gasteiger partial charge in [0, 0.05) is 19.4 Å². The van der Waals surface area contributed by atoms with E-state index in [0.29, 0.717) is 0 Å². The minimum Gasteiger partial charge on any atom is -0.262 e. The van der Waals surface area contributed by atoms with Crippen LogP contribution in [0, 0.1) is 17.1 Å². The molecule has 25 heavy (non-hydrogen) atoms. The molecule has 0 amide bonds. The molecule has 0 saturated heterocycles. The molecule has 1 atom stereocenters. The van der Waals surface area contributed by atoms with Gasteiger partial charge in [-0.1, -0.05) is 12.1 Å². The fraction of sp³-hybridized carbons (Fsp3) is 0.200. The Kier molecular flexibility index (Phi) is 5.10. The number of rotatable bonds is 4. The maximum atomic E-state index is 13.5. The van der Waals surface area contributed by atoms with Crippen LogP contribution in [0.3, 0.4) is 0 Å². The molecule has 1 aromatic heterocycles. The van der Waals surface area contributed by atoms with Gasteiger partial charge in [-0.05, 0) is 23.8 Å². The molecule has 0 aliphatic heterocycles. The third-order valence-electron chi connectivity index (χ3n) is 3.38. The number of hydrogen-bond donors (Lipinski definition) is 0. The van der Waals surface area contributed by atoms with Crippen molar-refractivity contribution in [2.45, 2.75) is 17.1 Å². The Hall–Kier alpha value is -2.51. The highest BCUT2D eigenvalue weighted by Crippen LogP contribution is 2.39. The second kappa shape index (κ2) is 6.78. The van der Waals surface area contributed by atoms with Gasteiger partial charge in [0.15, 0.2) is 0 Å². The third-order valence-corrected chi connectivity index (χ3v) is 5.17. The van der Waals surface area contributed by atoms with E-state index in [1.807, 2.05) is 0 Å². The third kappa shape index (κ3) is 3.94. The smallest absolute Gasteiger partial charge is 0.262 e. The molecule has 0 bridgehead atoms. The predicted molar refractivity (Wildman–Crippen MR) is 79.1 cm³/mol. The van der Waals surface area contributed by atoms with Crippen molar-refractivity contribution in [1.29, 1.82) is 5.26 Å². The van der Waals surface area contributed by atoms with Gasteiger partial charge in [0.05, 0.1) is 5.56 Å². The van der Waals surface area contributed by atoms with Crippen molar-refractivity contribution in [2.24, 2.45) is 0 Å². The lowest BCUT2D eigenvalue weighted by Gasteiger charge is -2.29. The Morgan fingerprint density at radius 1 is 1.20 bits per heavy atom. The van der Waals surface area contributed by atoms with Gasteiger partial charge in [-0.15, -0.1) is 0 Å². The molecule has 0 saturated carbocycles. The van der Waals surface area contributed by atoms with Gasteiger partial charge >= 0.3 is 6.18 Å². The van der Waals surface area contributed by atoms with Crippen molar-refractivity contribution < 1.29 is 26.0 Å². The van der Waals surface area contributed by atoms with E-state index in [4.69, 9.17) is 5.26 Å². The lowest BCUT2D eigenvalue weighted by molar-refractivity contribution is -0.171. The molecule has 2 rings (SSSR count). The van der Waals surface area contributed by atoms with Gasteiger partial charge in [-0.2, -0.15) is 22.7 Å². The molecule has 0 N–H and O–H groups in total. The summed E-state index contributed by atoms with van der Waals surface area (Å²) in [5.74, 6) is -0.749. The van der Waals surface area contributed by atoms with Crippen molar-refractivity contribution in [3.05, 3.63) is 59.7 Å². The monoisotopic (exact) mass is 373 g/mol. The van der Waals surface area contributed by atoms with E-state index in [0.717, 1.165) is 49.8 Å². The fourth-order valence-electron chi connectivity index (χ4n) is 2.18. The minimum atomic E-state index is -4.94. The van der Waals surface area contributed by atoms with E-state index in [2.05, 4.69) is 4.98 Å². The Bertz CT molecular complexity index is 906. The molecule has 0 radical (unpaired) electrons. The normalized spacial score (nSPS) is 13.5. The Balaban J connectivity index is 2.53. The topological polar surface area (TPSA) is 74.1 Å². The number of aromatic nitrogens is 1. The zero-order chi connectivity index (χ0) is 18.8. The molecule has 1 heterocycles. The number of nitriles is 1. The van der Waals surface area contributed by atoms with Gasteiger partial charge < -0.3 is 0 Å². The van der Waals surface area contributed by atoms with E-state index in [1.165, 1.54) is 0 Å². The summed E-state index contributed by atoms with van der Waals surface area (Å²) in [5.41, 5.74) is -0.552. The van der Waals surface area contributed by atoms with Crippen LogP contribution in [-0.2, 0) is 10.0 Å². The van der Waals surface area contributed by atoms with Gasteiger partial charge in [-0.25, -0.2) is 12.8 Å². The Morgan fingerprint density at radius 3 is 2.32 bits per heavy atom. The van der Waals surface area contributed by atoms with Crippen LogP contribution >= 0.6 is 0 Å². The molecule has 0 spiro atoms. The van der Waals surface area contributed by atoms with E-state index in [9.17, 15) is 26.0 Å². The molecule has 1 aromatic carbocycles. The highest BCUT2D eigenvalue weighted by molar-refractivity contribution is 7.89. The van der Waals surface area contributed by atoms with E-state index >= 15 is 0 Å². The number of benzene rings is 1. The van der Waals surface area contributed by atoms with Crippen molar-refractivity contribution >= 4 is 10.0 Å². The minimum absolute atomic E-state index is 0.111. The van der Waals surface area contributed by atoms with Gasteiger partial charge in [0.2, 0.25) is 10.0 Å². The van der Waals surface area contributed by atoms with Crippen LogP contribution in [0.25, 0.3) is 0 Å². The lowest BCUT2D eigenvalue weighted by atomic mass is 10.1. The summed E-state index contributed by atoms with van der Waals surface area (Å²) >= 11 is 0. The van der Waals surface area contributed by atoms with Crippen LogP contribution in [0.15, 0.2) is 47.6 Å². The van der Waals surface area contributed by atoms with E-state index in [-0.39, 0.29) is 9.87 Å². The van der Waals surface area contributed by atoms with Crippen LogP contribution in [0.5, 0.6) is 0 Å². The first-order valence-electron chi connectivity index (χ1n) is 6.72. The average molecular weight is 373 g/mol. The quantitative estimate of drug-likeness (QED) is 0.773. The molecule has 2 aromatic rings. The summed E-state index contributed by atoms with van der Waals surface area (Å²) in [6.07, 6.45) is -3.01. The Morgan fingerprint density at radius 2 is 1.80 bits per heavy atom. The van der Waals surface area contributed by atoms with Crippen molar-refractivity contribution in [3.8, 4) is 6.07 Å². The van der Waals surface area contributed by atoms with Crippen LogP contribution in [0.2, 0.25) is 0 Å². The number of sulfonamides is 1. The first kappa shape index (κ1) is 18.8. The number of hydrogen-bond acceptors (Lipinski definition) is 4. The van der Waals surface area contributed by atoms with Gasteiger partial charge in [0.25, 0.3) is 0 Å². The SMILES string of the molecule is CN([C@@H](c1ccc(F)cc1)C(F)(F)F)S(=O)(=O)c1cncc(C#N)c1. The second-order valence-electron chi connectivity index (χ2n) is 5.04. The summed E-state index contributed by atoms with van der Waals surface area (Å²) in [6, 6.07) is 3.42. The molecule has 0 fully saturated rings. The van der Waals surface area contributed by atoms with Crippen LogP contribution < -0.4 is 0 Å². The average Bonchev–Trinajstić information content (AvgIpc) is 2.55. The van der Waals surface area contributed by atoms with Crippen LogP contribution in [0.1, 0.15) is 17.2 Å². The molecular formula is C15H11F4N3O2S. The van der Waals surface area contributed by atoms with Gasteiger partial charge in [-0.3, -0.25) is 4.98 Å². The molecule has 132 valence electrons. The standard InChI is InChI=1S/C15H11F4N3O2S/c1-22(25(23,24)13-6-10(7-20)8-21-9-13)14(15(17,18)19)11-2-4-12(16)5-3-11/h2-6,8-9,14H,1H3/t14-/m0/s1. The van der Waals surface area contributed by atoms with Crippen molar-refractivity contribution in [3.63, 3.8) is 0 Å². The number of nitrogens with zero attached hydrogens (tertiary/aromatic N) is 3. The highest BCUT2D eigenvalue weighted by atomic mass is 32.2.